The monoisotopic (exact) mass is 376 g/mol. The van der Waals surface area contributed by atoms with Gasteiger partial charge >= 0.3 is 11.9 Å². The van der Waals surface area contributed by atoms with Gasteiger partial charge in [-0.15, -0.1) is 0 Å². The van der Waals surface area contributed by atoms with Crippen LogP contribution in [0.15, 0.2) is 30.3 Å². The van der Waals surface area contributed by atoms with E-state index in [4.69, 9.17) is 19.8 Å². The lowest BCUT2D eigenvalue weighted by Gasteiger charge is -2.40. The van der Waals surface area contributed by atoms with Gasteiger partial charge in [0.2, 0.25) is 0 Å². The Bertz CT molecular complexity index is 553. The minimum Gasteiger partial charge on any atom is -0.473 e. The van der Waals surface area contributed by atoms with Crippen LogP contribution in [0.25, 0.3) is 0 Å². The highest BCUT2D eigenvalue weighted by Gasteiger charge is 2.24. The van der Waals surface area contributed by atoms with Crippen LogP contribution in [0.3, 0.4) is 0 Å². The highest BCUT2D eigenvalue weighted by molar-refractivity contribution is 6.27. The lowest BCUT2D eigenvalue weighted by Crippen LogP contribution is -2.50. The molecule has 2 fully saturated rings. The van der Waals surface area contributed by atoms with Crippen LogP contribution in [0.5, 0.6) is 0 Å². The second kappa shape index (κ2) is 11.7. The first-order chi connectivity index (χ1) is 13.1. The second-order valence-electron chi connectivity index (χ2n) is 7.37. The molecule has 2 N–H and O–H groups in total. The molecule has 1 aliphatic carbocycles. The van der Waals surface area contributed by atoms with E-state index in [1.807, 2.05) is 0 Å². The summed E-state index contributed by atoms with van der Waals surface area (Å²) in [6.45, 7) is 6.44. The minimum absolute atomic E-state index is 0.908. The van der Waals surface area contributed by atoms with Gasteiger partial charge in [-0.2, -0.15) is 0 Å². The van der Waals surface area contributed by atoms with Crippen LogP contribution in [0.2, 0.25) is 0 Å². The van der Waals surface area contributed by atoms with Crippen LogP contribution in [0.1, 0.15) is 44.1 Å². The molecule has 1 saturated carbocycles. The van der Waals surface area contributed by atoms with Crippen molar-refractivity contribution in [3.8, 4) is 0 Å². The van der Waals surface area contributed by atoms with E-state index in [-0.39, 0.29) is 0 Å². The van der Waals surface area contributed by atoms with Gasteiger partial charge in [0.1, 0.15) is 0 Å². The fraction of sp³-hybridized carbons (Fsp3) is 0.619. The topological polar surface area (TPSA) is 81.1 Å². The van der Waals surface area contributed by atoms with Gasteiger partial charge in [0, 0.05) is 32.2 Å². The number of benzene rings is 1. The summed E-state index contributed by atoms with van der Waals surface area (Å²) in [6, 6.07) is 11.8. The van der Waals surface area contributed by atoms with Gasteiger partial charge in [-0.3, -0.25) is 4.90 Å². The number of carboxylic acids is 2. The Morgan fingerprint density at radius 1 is 0.889 bits per heavy atom. The number of hydrogen-bond acceptors (Lipinski definition) is 4. The Hall–Kier alpha value is -1.92. The van der Waals surface area contributed by atoms with Crippen LogP contribution in [0, 0.1) is 0 Å². The smallest absolute Gasteiger partial charge is 0.414 e. The van der Waals surface area contributed by atoms with E-state index in [1.54, 1.807) is 0 Å². The molecule has 2 aliphatic rings. The van der Waals surface area contributed by atoms with Crippen LogP contribution in [0.4, 0.5) is 0 Å². The summed E-state index contributed by atoms with van der Waals surface area (Å²) >= 11 is 0. The number of aryl methyl sites for hydroxylation is 1. The zero-order valence-electron chi connectivity index (χ0n) is 16.1. The number of hydrogen-bond donors (Lipinski definition) is 2. The lowest BCUT2D eigenvalue weighted by atomic mass is 9.94. The molecule has 6 nitrogen and oxygen atoms in total. The van der Waals surface area contributed by atoms with Gasteiger partial charge in [-0.1, -0.05) is 49.6 Å². The van der Waals surface area contributed by atoms with Crippen molar-refractivity contribution in [2.24, 2.45) is 0 Å². The van der Waals surface area contributed by atoms with Crippen molar-refractivity contribution in [1.29, 1.82) is 0 Å². The summed E-state index contributed by atoms with van der Waals surface area (Å²) in [5.74, 6) is -3.65. The predicted octanol–water partition coefficient (Wildman–Crippen LogP) is 2.73. The summed E-state index contributed by atoms with van der Waals surface area (Å²) in [7, 11) is 0. The van der Waals surface area contributed by atoms with Crippen molar-refractivity contribution in [3.05, 3.63) is 35.9 Å². The maximum atomic E-state index is 9.10. The minimum atomic E-state index is -1.82. The first kappa shape index (κ1) is 21.4. The van der Waals surface area contributed by atoms with Crippen LogP contribution in [-0.4, -0.2) is 70.7 Å². The number of aliphatic carboxylic acids is 2. The predicted molar refractivity (Wildman–Crippen MR) is 105 cm³/mol. The van der Waals surface area contributed by atoms with Gasteiger partial charge in [0.05, 0.1) is 0 Å². The van der Waals surface area contributed by atoms with E-state index in [2.05, 4.69) is 40.1 Å². The molecule has 1 saturated heterocycles. The first-order valence-electron chi connectivity index (χ1n) is 10.0. The van der Waals surface area contributed by atoms with Gasteiger partial charge in [0.25, 0.3) is 0 Å². The van der Waals surface area contributed by atoms with E-state index in [0.717, 1.165) is 6.04 Å². The van der Waals surface area contributed by atoms with Gasteiger partial charge in [-0.25, -0.2) is 9.59 Å². The molecule has 3 rings (SSSR count). The number of carboxylic acid groups (broad SMARTS) is 2. The summed E-state index contributed by atoms with van der Waals surface area (Å²) in [4.78, 5) is 23.6. The molecule has 1 aliphatic heterocycles. The Labute approximate surface area is 161 Å². The quantitative estimate of drug-likeness (QED) is 0.769. The molecule has 0 radical (unpaired) electrons. The van der Waals surface area contributed by atoms with Crippen molar-refractivity contribution < 1.29 is 19.8 Å². The van der Waals surface area contributed by atoms with E-state index in [1.165, 1.54) is 83.2 Å². The van der Waals surface area contributed by atoms with Crippen molar-refractivity contribution in [2.75, 3.05) is 32.7 Å². The largest absolute Gasteiger partial charge is 0.473 e. The van der Waals surface area contributed by atoms with Gasteiger partial charge in [-0.05, 0) is 37.8 Å². The van der Waals surface area contributed by atoms with E-state index >= 15 is 0 Å². The number of piperazine rings is 1. The standard InChI is InChI=1S/C19H30N2.C2H2O4/c1-3-8-18(9-4-1)10-7-13-20-14-16-21(17-15-20)19-11-5-2-6-12-19;3-1(4)2(5)6/h1,3-4,8-9,19H,2,5-7,10-17H2;(H,3,4)(H,5,6). The van der Waals surface area contributed by atoms with Crippen molar-refractivity contribution in [3.63, 3.8) is 0 Å². The molecule has 27 heavy (non-hydrogen) atoms. The number of carbonyl (C=O) groups is 2. The molecular formula is C21H32N2O4. The Morgan fingerprint density at radius 3 is 2.04 bits per heavy atom. The highest BCUT2D eigenvalue weighted by Crippen LogP contribution is 2.23. The molecule has 6 heteroatoms. The maximum absolute atomic E-state index is 9.10. The molecule has 0 bridgehead atoms. The summed E-state index contributed by atoms with van der Waals surface area (Å²) in [6.07, 6.45) is 9.82. The zero-order chi connectivity index (χ0) is 19.5. The molecule has 1 heterocycles. The SMILES string of the molecule is O=C(O)C(=O)O.c1ccc(CCCN2CCN(C3CCCCC3)CC2)cc1. The van der Waals surface area contributed by atoms with Crippen LogP contribution < -0.4 is 0 Å². The van der Waals surface area contributed by atoms with Crippen molar-refractivity contribution in [1.82, 2.24) is 9.80 Å². The molecule has 1 aromatic carbocycles. The molecule has 0 spiro atoms. The van der Waals surface area contributed by atoms with Crippen molar-refractivity contribution >= 4 is 11.9 Å². The molecule has 150 valence electrons. The lowest BCUT2D eigenvalue weighted by molar-refractivity contribution is -0.159. The molecule has 0 aromatic heterocycles. The van der Waals surface area contributed by atoms with E-state index in [0.29, 0.717) is 0 Å². The van der Waals surface area contributed by atoms with Crippen LogP contribution in [-0.2, 0) is 16.0 Å². The van der Waals surface area contributed by atoms with Gasteiger partial charge < -0.3 is 15.1 Å². The van der Waals surface area contributed by atoms with Crippen LogP contribution >= 0.6 is 0 Å². The molecule has 1 aromatic rings. The van der Waals surface area contributed by atoms with E-state index < -0.39 is 11.9 Å². The van der Waals surface area contributed by atoms with Gasteiger partial charge in [0.15, 0.2) is 0 Å². The average molecular weight is 376 g/mol. The number of nitrogens with zero attached hydrogens (tertiary/aromatic N) is 2. The fourth-order valence-corrected chi connectivity index (χ4v) is 3.95. The molecule has 0 amide bonds. The Morgan fingerprint density at radius 2 is 1.48 bits per heavy atom. The third-order valence-electron chi connectivity index (χ3n) is 5.46. The summed E-state index contributed by atoms with van der Waals surface area (Å²) in [5, 5.41) is 14.8. The Kier molecular flexibility index (Phi) is 9.28. The normalized spacial score (nSPS) is 19.1. The number of rotatable bonds is 5. The molecule has 0 atom stereocenters. The summed E-state index contributed by atoms with van der Waals surface area (Å²) in [5.41, 5.74) is 1.48. The summed E-state index contributed by atoms with van der Waals surface area (Å²) < 4.78 is 0. The Balaban J connectivity index is 0.000000380. The van der Waals surface area contributed by atoms with E-state index in [9.17, 15) is 0 Å². The van der Waals surface area contributed by atoms with Crippen molar-refractivity contribution in [2.45, 2.75) is 51.0 Å². The third kappa shape index (κ3) is 8.10. The zero-order valence-corrected chi connectivity index (χ0v) is 16.1. The third-order valence-corrected chi connectivity index (χ3v) is 5.46. The second-order valence-corrected chi connectivity index (χ2v) is 7.37. The fourth-order valence-electron chi connectivity index (χ4n) is 3.95. The highest BCUT2D eigenvalue weighted by atomic mass is 16.4. The average Bonchev–Trinajstić information content (AvgIpc) is 2.70. The molecule has 0 unspecified atom stereocenters. The first-order valence-corrected chi connectivity index (χ1v) is 10.0. The maximum Gasteiger partial charge on any atom is 0.414 e. The molecular weight excluding hydrogens is 344 g/mol.